The number of hydrogen-bond donors (Lipinski definition) is 3. The van der Waals surface area contributed by atoms with Crippen LogP contribution in [0, 0.1) is 0 Å². The minimum absolute atomic E-state index is 0.0910. The van der Waals surface area contributed by atoms with Crippen molar-refractivity contribution in [3.8, 4) is 0 Å². The Morgan fingerprint density at radius 2 is 2.20 bits per heavy atom. The fourth-order valence-electron chi connectivity index (χ4n) is 1.22. The molecule has 0 radical (unpaired) electrons. The Kier molecular flexibility index (Phi) is 5.34. The van der Waals surface area contributed by atoms with Gasteiger partial charge in [0.15, 0.2) is 0 Å². The van der Waals surface area contributed by atoms with E-state index in [1.165, 1.54) is 0 Å². The van der Waals surface area contributed by atoms with E-state index in [0.29, 0.717) is 25.5 Å². The molecular formula is C10H17NO4. The summed E-state index contributed by atoms with van der Waals surface area (Å²) >= 11 is 0. The number of rotatable bonds is 7. The molecule has 0 amide bonds. The molecule has 0 fully saturated rings. The van der Waals surface area contributed by atoms with Gasteiger partial charge in [-0.1, -0.05) is 0 Å². The second-order valence-electron chi connectivity index (χ2n) is 3.27. The first-order valence-corrected chi connectivity index (χ1v) is 4.82. The van der Waals surface area contributed by atoms with Gasteiger partial charge in [0.1, 0.15) is 18.1 Å². The van der Waals surface area contributed by atoms with Gasteiger partial charge >= 0.3 is 0 Å². The molecule has 86 valence electrons. The summed E-state index contributed by atoms with van der Waals surface area (Å²) in [6, 6.07) is 3.52. The molecule has 0 bridgehead atoms. The highest BCUT2D eigenvalue weighted by Gasteiger charge is 2.04. The Balaban J connectivity index is 2.19. The van der Waals surface area contributed by atoms with Crippen LogP contribution in [0.1, 0.15) is 11.5 Å². The van der Waals surface area contributed by atoms with Gasteiger partial charge in [-0.2, -0.15) is 0 Å². The van der Waals surface area contributed by atoms with Crippen molar-refractivity contribution in [1.29, 1.82) is 0 Å². The molecule has 3 N–H and O–H groups in total. The van der Waals surface area contributed by atoms with Crippen molar-refractivity contribution in [3.05, 3.63) is 23.7 Å². The van der Waals surface area contributed by atoms with Gasteiger partial charge in [0.25, 0.3) is 0 Å². The van der Waals surface area contributed by atoms with Gasteiger partial charge in [-0.3, -0.25) is 0 Å². The van der Waals surface area contributed by atoms with Gasteiger partial charge < -0.3 is 24.7 Å². The van der Waals surface area contributed by atoms with E-state index in [4.69, 9.17) is 14.3 Å². The van der Waals surface area contributed by atoms with Crippen molar-refractivity contribution >= 4 is 0 Å². The van der Waals surface area contributed by atoms with Crippen molar-refractivity contribution in [2.24, 2.45) is 0 Å². The third kappa shape index (κ3) is 4.44. The number of nitrogens with one attached hydrogen (secondary N) is 1. The lowest BCUT2D eigenvalue weighted by Gasteiger charge is -2.09. The maximum atomic E-state index is 9.32. The number of ether oxygens (including phenoxy) is 1. The highest BCUT2D eigenvalue weighted by Crippen LogP contribution is 2.06. The number of aliphatic hydroxyl groups excluding tert-OH is 2. The minimum atomic E-state index is -0.512. The van der Waals surface area contributed by atoms with Gasteiger partial charge in [-0.15, -0.1) is 0 Å². The van der Waals surface area contributed by atoms with Crippen molar-refractivity contribution in [1.82, 2.24) is 5.32 Å². The van der Waals surface area contributed by atoms with Crippen LogP contribution in [0.3, 0.4) is 0 Å². The molecule has 0 saturated carbocycles. The molecule has 0 spiro atoms. The summed E-state index contributed by atoms with van der Waals surface area (Å²) < 4.78 is 10.0. The normalized spacial score (nSPS) is 13.0. The molecule has 1 heterocycles. The van der Waals surface area contributed by atoms with Crippen LogP contribution < -0.4 is 5.32 Å². The topological polar surface area (TPSA) is 74.9 Å². The number of furan rings is 1. The Morgan fingerprint density at radius 1 is 1.47 bits per heavy atom. The predicted octanol–water partition coefficient (Wildman–Crippen LogP) is -0.131. The van der Waals surface area contributed by atoms with Crippen molar-refractivity contribution in [2.45, 2.75) is 19.3 Å². The first kappa shape index (κ1) is 12.2. The molecule has 15 heavy (non-hydrogen) atoms. The summed E-state index contributed by atoms with van der Waals surface area (Å²) in [5.74, 6) is 1.29. The highest BCUT2D eigenvalue weighted by molar-refractivity contribution is 5.05. The van der Waals surface area contributed by atoms with E-state index >= 15 is 0 Å². The molecule has 5 heteroatoms. The van der Waals surface area contributed by atoms with E-state index in [1.807, 2.05) is 0 Å². The predicted molar refractivity (Wildman–Crippen MR) is 54.2 cm³/mol. The Bertz CT molecular complexity index is 274. The van der Waals surface area contributed by atoms with Crippen LogP contribution in [0.2, 0.25) is 0 Å². The van der Waals surface area contributed by atoms with Crippen LogP contribution >= 0.6 is 0 Å². The lowest BCUT2D eigenvalue weighted by atomic mass is 10.3. The lowest BCUT2D eigenvalue weighted by Crippen LogP contribution is -2.29. The van der Waals surface area contributed by atoms with E-state index in [-0.39, 0.29) is 6.61 Å². The summed E-state index contributed by atoms with van der Waals surface area (Å²) in [6.07, 6.45) is -0.512. The fraction of sp³-hybridized carbons (Fsp3) is 0.600. The largest absolute Gasteiger partial charge is 0.462 e. The van der Waals surface area contributed by atoms with Crippen LogP contribution in [0.4, 0.5) is 0 Å². The third-order valence-electron chi connectivity index (χ3n) is 1.91. The first-order valence-electron chi connectivity index (χ1n) is 4.82. The standard InChI is InChI=1S/C10H17NO4/c1-14-7-8(13)4-11-5-9-2-3-10(6-12)15-9/h2-3,8,11-13H,4-7H2,1H3. The zero-order valence-electron chi connectivity index (χ0n) is 8.77. The molecule has 1 unspecified atom stereocenters. The smallest absolute Gasteiger partial charge is 0.129 e. The van der Waals surface area contributed by atoms with E-state index in [0.717, 1.165) is 5.76 Å². The fourth-order valence-corrected chi connectivity index (χ4v) is 1.22. The second kappa shape index (κ2) is 6.58. The zero-order valence-corrected chi connectivity index (χ0v) is 8.77. The molecule has 1 atom stereocenters. The SMILES string of the molecule is COCC(O)CNCc1ccc(CO)o1. The van der Waals surface area contributed by atoms with E-state index in [2.05, 4.69) is 5.32 Å². The lowest BCUT2D eigenvalue weighted by molar-refractivity contribution is 0.0641. The second-order valence-corrected chi connectivity index (χ2v) is 3.27. The van der Waals surface area contributed by atoms with Crippen LogP contribution in [-0.2, 0) is 17.9 Å². The maximum Gasteiger partial charge on any atom is 0.129 e. The summed E-state index contributed by atoms with van der Waals surface area (Å²) in [6.45, 7) is 1.20. The molecule has 0 aliphatic rings. The van der Waals surface area contributed by atoms with E-state index < -0.39 is 6.10 Å². The number of methoxy groups -OCH3 is 1. The van der Waals surface area contributed by atoms with Crippen LogP contribution in [0.5, 0.6) is 0 Å². The van der Waals surface area contributed by atoms with Crippen molar-refractivity contribution in [3.63, 3.8) is 0 Å². The zero-order chi connectivity index (χ0) is 11.1. The molecule has 0 aliphatic heterocycles. The van der Waals surface area contributed by atoms with Gasteiger partial charge in [-0.25, -0.2) is 0 Å². The number of hydrogen-bond acceptors (Lipinski definition) is 5. The molecule has 1 aromatic heterocycles. The molecular weight excluding hydrogens is 198 g/mol. The summed E-state index contributed by atoms with van der Waals surface area (Å²) in [7, 11) is 1.54. The molecule has 5 nitrogen and oxygen atoms in total. The molecule has 0 aromatic carbocycles. The summed E-state index contributed by atoms with van der Waals surface area (Å²) in [5, 5.41) is 21.1. The average Bonchev–Trinajstić information content (AvgIpc) is 2.66. The van der Waals surface area contributed by atoms with Gasteiger partial charge in [0, 0.05) is 13.7 Å². The van der Waals surface area contributed by atoms with E-state index in [9.17, 15) is 5.11 Å². The monoisotopic (exact) mass is 215 g/mol. The Morgan fingerprint density at radius 3 is 2.80 bits per heavy atom. The molecule has 1 aromatic rings. The third-order valence-corrected chi connectivity index (χ3v) is 1.91. The van der Waals surface area contributed by atoms with E-state index in [1.54, 1.807) is 19.2 Å². The summed E-state index contributed by atoms with van der Waals surface area (Å²) in [5.41, 5.74) is 0. The van der Waals surface area contributed by atoms with Crippen LogP contribution in [-0.4, -0.2) is 36.6 Å². The van der Waals surface area contributed by atoms with Crippen LogP contribution in [0.25, 0.3) is 0 Å². The van der Waals surface area contributed by atoms with Gasteiger partial charge in [-0.05, 0) is 12.1 Å². The Labute approximate surface area is 88.7 Å². The maximum absolute atomic E-state index is 9.32. The minimum Gasteiger partial charge on any atom is -0.462 e. The van der Waals surface area contributed by atoms with Gasteiger partial charge in [0.05, 0.1) is 19.3 Å². The number of aliphatic hydroxyl groups is 2. The van der Waals surface area contributed by atoms with Crippen molar-refractivity contribution in [2.75, 3.05) is 20.3 Å². The van der Waals surface area contributed by atoms with Crippen molar-refractivity contribution < 1.29 is 19.4 Å². The van der Waals surface area contributed by atoms with Crippen LogP contribution in [0.15, 0.2) is 16.5 Å². The van der Waals surface area contributed by atoms with Gasteiger partial charge in [0.2, 0.25) is 0 Å². The Hall–Kier alpha value is -0.880. The molecule has 0 aliphatic carbocycles. The molecule has 0 saturated heterocycles. The quantitative estimate of drug-likeness (QED) is 0.590. The first-order chi connectivity index (χ1) is 7.26. The molecule has 1 rings (SSSR count). The summed E-state index contributed by atoms with van der Waals surface area (Å²) in [4.78, 5) is 0. The highest BCUT2D eigenvalue weighted by atomic mass is 16.5. The average molecular weight is 215 g/mol.